The molecule has 0 N–H and O–H groups in total. The van der Waals surface area contributed by atoms with E-state index in [1.165, 1.54) is 29.7 Å². The Balaban J connectivity index is 2.10. The lowest BCUT2D eigenvalue weighted by molar-refractivity contribution is -0.390. The van der Waals surface area contributed by atoms with Crippen LogP contribution in [-0.2, 0) is 4.79 Å². The number of hydrogen-bond donors (Lipinski definition) is 0. The molecule has 0 aliphatic rings. The third kappa shape index (κ3) is 3.42. The van der Waals surface area contributed by atoms with Gasteiger partial charge in [-0.15, -0.1) is 11.3 Å². The van der Waals surface area contributed by atoms with Crippen LogP contribution in [0.1, 0.15) is 16.6 Å². The molecule has 2 rings (SSSR count). The average Bonchev–Trinajstić information content (AvgIpc) is 2.92. The van der Waals surface area contributed by atoms with Crippen molar-refractivity contribution in [3.8, 4) is 11.8 Å². The molecule has 0 saturated carbocycles. The van der Waals surface area contributed by atoms with Gasteiger partial charge in [0, 0.05) is 11.1 Å². The van der Waals surface area contributed by atoms with E-state index in [1.807, 2.05) is 6.07 Å². The predicted molar refractivity (Wildman–Crippen MR) is 76.6 cm³/mol. The summed E-state index contributed by atoms with van der Waals surface area (Å²) in [6.45, 7) is 1.29. The van der Waals surface area contributed by atoms with Gasteiger partial charge in [0.15, 0.2) is 11.7 Å². The van der Waals surface area contributed by atoms with Gasteiger partial charge < -0.3 is 14.9 Å². The van der Waals surface area contributed by atoms with Crippen molar-refractivity contribution < 1.29 is 14.5 Å². The Kier molecular flexibility index (Phi) is 4.75. The Labute approximate surface area is 129 Å². The summed E-state index contributed by atoms with van der Waals surface area (Å²) < 4.78 is 5.14. The zero-order chi connectivity index (χ0) is 16.1. The highest BCUT2D eigenvalue weighted by molar-refractivity contribution is 7.09. The van der Waals surface area contributed by atoms with E-state index in [0.29, 0.717) is 5.01 Å². The van der Waals surface area contributed by atoms with E-state index < -0.39 is 29.0 Å². The lowest BCUT2D eigenvalue weighted by atomic mass is 10.1. The quantitative estimate of drug-likeness (QED) is 0.590. The van der Waals surface area contributed by atoms with Crippen LogP contribution in [0.2, 0.25) is 0 Å². The van der Waals surface area contributed by atoms with E-state index in [1.54, 1.807) is 12.3 Å². The number of pyridine rings is 1. The van der Waals surface area contributed by atoms with Crippen molar-refractivity contribution >= 4 is 22.9 Å². The van der Waals surface area contributed by atoms with Crippen molar-refractivity contribution in [1.82, 2.24) is 9.97 Å². The van der Waals surface area contributed by atoms with Crippen molar-refractivity contribution in [2.24, 2.45) is 0 Å². The number of hydrogen-bond acceptors (Lipinski definition) is 8. The van der Waals surface area contributed by atoms with Gasteiger partial charge in [-0.2, -0.15) is 5.26 Å². The van der Waals surface area contributed by atoms with Gasteiger partial charge in [-0.25, -0.2) is 4.98 Å². The molecule has 2 aromatic rings. The van der Waals surface area contributed by atoms with E-state index in [4.69, 9.17) is 10.00 Å². The van der Waals surface area contributed by atoms with Crippen molar-refractivity contribution in [2.45, 2.75) is 12.8 Å². The molecule has 0 amide bonds. The molecule has 0 unspecified atom stereocenters. The molecule has 0 aromatic carbocycles. The Morgan fingerprint density at radius 3 is 3.00 bits per heavy atom. The smallest absolute Gasteiger partial charge is 0.406 e. The maximum atomic E-state index is 12.1. The molecule has 0 radical (unpaired) electrons. The Bertz CT molecular complexity index is 752. The Morgan fingerprint density at radius 2 is 2.41 bits per heavy atom. The number of carbonyl (C=O) groups is 1. The van der Waals surface area contributed by atoms with Crippen molar-refractivity contribution in [3.63, 3.8) is 0 Å². The summed E-state index contributed by atoms with van der Waals surface area (Å²) in [4.78, 5) is 29.8. The molecule has 0 spiro atoms. The van der Waals surface area contributed by atoms with E-state index in [2.05, 4.69) is 9.97 Å². The summed E-state index contributed by atoms with van der Waals surface area (Å²) in [7, 11) is 0. The van der Waals surface area contributed by atoms with Gasteiger partial charge in [0.05, 0.1) is 6.07 Å². The number of nitrogens with zero attached hydrogens (tertiary/aromatic N) is 4. The van der Waals surface area contributed by atoms with Crippen LogP contribution in [0.3, 0.4) is 0 Å². The number of aryl methyl sites for hydroxylation is 1. The first-order chi connectivity index (χ1) is 10.5. The van der Waals surface area contributed by atoms with Gasteiger partial charge in [0.2, 0.25) is 5.75 Å². The van der Waals surface area contributed by atoms with Gasteiger partial charge in [-0.3, -0.25) is 4.79 Å². The fourth-order valence-electron chi connectivity index (χ4n) is 1.63. The van der Waals surface area contributed by atoms with Gasteiger partial charge in [-0.1, -0.05) is 0 Å². The molecular formula is C13H10N4O4S. The lowest BCUT2D eigenvalue weighted by Gasteiger charge is -2.07. The minimum atomic E-state index is -1.05. The maximum Gasteiger partial charge on any atom is 0.406 e. The normalized spacial score (nSPS) is 11.5. The van der Waals surface area contributed by atoms with Crippen LogP contribution in [-0.4, -0.2) is 27.3 Å². The SMILES string of the molecule is Cc1csc([C@H](C#N)C(=O)COc2cccnc2[N+](=O)[O-])n1. The number of ether oxygens (including phenoxy) is 1. The number of nitro groups is 1. The minimum absolute atomic E-state index is 0.118. The summed E-state index contributed by atoms with van der Waals surface area (Å²) in [6, 6.07) is 4.67. The largest absolute Gasteiger partial charge is 0.478 e. The third-order valence-corrected chi connectivity index (χ3v) is 3.66. The summed E-state index contributed by atoms with van der Waals surface area (Å²) in [5.41, 5.74) is 0.719. The molecule has 0 aliphatic carbocycles. The van der Waals surface area contributed by atoms with Crippen LogP contribution in [0, 0.1) is 28.4 Å². The number of rotatable bonds is 6. The molecule has 2 heterocycles. The standard InChI is InChI=1S/C13H10N4O4S/c1-8-7-22-13(16-8)9(5-14)10(18)6-21-11-3-2-4-15-12(11)17(19)20/h2-4,7,9H,6H2,1H3/t9-/m1/s1. The Morgan fingerprint density at radius 1 is 1.64 bits per heavy atom. The van der Waals surface area contributed by atoms with Gasteiger partial charge in [0.1, 0.15) is 17.8 Å². The van der Waals surface area contributed by atoms with E-state index in [9.17, 15) is 14.9 Å². The van der Waals surface area contributed by atoms with E-state index in [-0.39, 0.29) is 5.75 Å². The molecular weight excluding hydrogens is 308 g/mol. The number of thiazole rings is 1. The minimum Gasteiger partial charge on any atom is -0.478 e. The number of Topliss-reactive ketones (excluding diaryl/α,β-unsaturated/α-hetero) is 1. The summed E-state index contributed by atoms with van der Waals surface area (Å²) in [5.74, 6) is -2.16. The highest BCUT2D eigenvalue weighted by atomic mass is 32.1. The van der Waals surface area contributed by atoms with Gasteiger partial charge in [0.25, 0.3) is 0 Å². The van der Waals surface area contributed by atoms with Crippen molar-refractivity contribution in [2.75, 3.05) is 6.61 Å². The molecule has 112 valence electrons. The molecule has 2 aromatic heterocycles. The monoisotopic (exact) mass is 318 g/mol. The second-order valence-electron chi connectivity index (χ2n) is 4.23. The fraction of sp³-hybridized carbons (Fsp3) is 0.231. The predicted octanol–water partition coefficient (Wildman–Crippen LogP) is 2.01. The molecule has 8 nitrogen and oxygen atoms in total. The molecule has 0 aliphatic heterocycles. The second-order valence-corrected chi connectivity index (χ2v) is 5.12. The van der Waals surface area contributed by atoms with E-state index in [0.717, 1.165) is 5.69 Å². The topological polar surface area (TPSA) is 119 Å². The highest BCUT2D eigenvalue weighted by Crippen LogP contribution is 2.24. The van der Waals surface area contributed by atoms with Crippen molar-refractivity contribution in [3.05, 3.63) is 44.5 Å². The average molecular weight is 318 g/mol. The van der Waals surface area contributed by atoms with Crippen LogP contribution in [0.5, 0.6) is 5.75 Å². The number of carbonyl (C=O) groups excluding carboxylic acids is 1. The highest BCUT2D eigenvalue weighted by Gasteiger charge is 2.25. The van der Waals surface area contributed by atoms with Crippen LogP contribution >= 0.6 is 11.3 Å². The molecule has 0 bridgehead atoms. The van der Waals surface area contributed by atoms with Crippen LogP contribution in [0.25, 0.3) is 0 Å². The van der Waals surface area contributed by atoms with E-state index >= 15 is 0 Å². The summed E-state index contributed by atoms with van der Waals surface area (Å²) in [6.07, 6.45) is 1.25. The second kappa shape index (κ2) is 6.73. The zero-order valence-electron chi connectivity index (χ0n) is 11.4. The van der Waals surface area contributed by atoms with Crippen molar-refractivity contribution in [1.29, 1.82) is 5.26 Å². The molecule has 1 atom stereocenters. The van der Waals surface area contributed by atoms with Crippen LogP contribution in [0.15, 0.2) is 23.7 Å². The summed E-state index contributed by atoms with van der Waals surface area (Å²) in [5, 5.41) is 22.0. The molecule has 0 fully saturated rings. The third-order valence-electron chi connectivity index (χ3n) is 2.63. The zero-order valence-corrected chi connectivity index (χ0v) is 12.2. The lowest BCUT2D eigenvalue weighted by Crippen LogP contribution is -2.19. The van der Waals surface area contributed by atoms with Crippen LogP contribution in [0.4, 0.5) is 5.82 Å². The molecule has 22 heavy (non-hydrogen) atoms. The summed E-state index contributed by atoms with van der Waals surface area (Å²) >= 11 is 1.21. The molecule has 9 heteroatoms. The first-order valence-electron chi connectivity index (χ1n) is 6.09. The Hall–Kier alpha value is -2.86. The number of ketones is 1. The maximum absolute atomic E-state index is 12.1. The van der Waals surface area contributed by atoms with Gasteiger partial charge in [-0.05, 0) is 29.0 Å². The first-order valence-corrected chi connectivity index (χ1v) is 6.97. The van der Waals surface area contributed by atoms with Gasteiger partial charge >= 0.3 is 5.82 Å². The fourth-order valence-corrected chi connectivity index (χ4v) is 2.49. The first kappa shape index (κ1) is 15.5. The number of nitriles is 1. The molecule has 0 saturated heterocycles. The number of aromatic nitrogens is 2. The van der Waals surface area contributed by atoms with Crippen LogP contribution < -0.4 is 4.74 Å².